The van der Waals surface area contributed by atoms with Gasteiger partial charge in [0.1, 0.15) is 22.9 Å². The number of halogens is 1. The van der Waals surface area contributed by atoms with Crippen LogP contribution in [-0.4, -0.2) is 33.0 Å². The van der Waals surface area contributed by atoms with Crippen LogP contribution in [-0.2, 0) is 10.2 Å². The summed E-state index contributed by atoms with van der Waals surface area (Å²) in [7, 11) is 0. The fourth-order valence-electron chi connectivity index (χ4n) is 5.37. The normalized spacial score (nSPS) is 16.9. The van der Waals surface area contributed by atoms with Crippen molar-refractivity contribution in [1.82, 2.24) is 15.2 Å². The summed E-state index contributed by atoms with van der Waals surface area (Å²) in [5, 5.41) is 7.79. The fourth-order valence-corrected chi connectivity index (χ4v) is 5.37. The van der Waals surface area contributed by atoms with Crippen LogP contribution in [0.15, 0.2) is 65.2 Å². The number of carbonyl (C=O) groups is 1. The predicted octanol–water partition coefficient (Wildman–Crippen LogP) is 7.12. The first kappa shape index (κ1) is 29.0. The molecule has 2 aromatic carbocycles. The third kappa shape index (κ3) is 6.70. The maximum absolute atomic E-state index is 14.0. The van der Waals surface area contributed by atoms with Gasteiger partial charge in [-0.05, 0) is 74.4 Å². The zero-order chi connectivity index (χ0) is 30.1. The zero-order valence-corrected chi connectivity index (χ0v) is 24.4. The topological polar surface area (TPSA) is 123 Å². The van der Waals surface area contributed by atoms with Crippen LogP contribution in [0.3, 0.4) is 0 Å². The Labute approximate surface area is 244 Å². The van der Waals surface area contributed by atoms with E-state index in [4.69, 9.17) is 24.4 Å². The molecule has 4 aromatic rings. The van der Waals surface area contributed by atoms with E-state index < -0.39 is 17.5 Å². The highest BCUT2D eigenvalue weighted by Crippen LogP contribution is 2.39. The first-order chi connectivity index (χ1) is 19.9. The fraction of sp³-hybridized carbons (Fsp3) is 0.375. The molecule has 42 heavy (non-hydrogen) atoms. The summed E-state index contributed by atoms with van der Waals surface area (Å²) in [6.07, 6.45) is 3.06. The maximum Gasteiger partial charge on any atom is 0.405 e. The lowest BCUT2D eigenvalue weighted by atomic mass is 9.76. The summed E-state index contributed by atoms with van der Waals surface area (Å²) >= 11 is 0. The molecular formula is C32H35FN4O5. The lowest BCUT2D eigenvalue weighted by molar-refractivity contribution is -0.0131. The average molecular weight is 575 g/mol. The van der Waals surface area contributed by atoms with Crippen LogP contribution in [0.5, 0.6) is 17.2 Å². The second-order valence-corrected chi connectivity index (χ2v) is 11.9. The molecule has 0 atom stereocenters. The highest BCUT2D eigenvalue weighted by Gasteiger charge is 2.36. The van der Waals surface area contributed by atoms with E-state index in [1.807, 2.05) is 50.2 Å². The second-order valence-electron chi connectivity index (χ2n) is 11.9. The van der Waals surface area contributed by atoms with E-state index in [0.29, 0.717) is 17.6 Å². The van der Waals surface area contributed by atoms with Crippen molar-refractivity contribution in [2.45, 2.75) is 71.0 Å². The summed E-state index contributed by atoms with van der Waals surface area (Å²) in [4.78, 5) is 15.2. The Kier molecular flexibility index (Phi) is 7.90. The molecule has 220 valence electrons. The molecule has 2 heterocycles. The van der Waals surface area contributed by atoms with E-state index in [1.165, 1.54) is 6.07 Å². The Hall–Kier alpha value is -4.47. The van der Waals surface area contributed by atoms with Gasteiger partial charge in [0.15, 0.2) is 11.4 Å². The molecule has 0 aliphatic heterocycles. The number of pyridine rings is 1. The first-order valence-corrected chi connectivity index (χ1v) is 13.9. The molecule has 0 spiro atoms. The molecule has 1 saturated carbocycles. The molecule has 1 aliphatic rings. The number of amides is 1. The number of ether oxygens (including phenoxy) is 3. The number of benzene rings is 2. The van der Waals surface area contributed by atoms with Crippen LogP contribution >= 0.6 is 0 Å². The summed E-state index contributed by atoms with van der Waals surface area (Å²) in [6, 6.07) is 17.1. The number of nitrogens with zero attached hydrogens (tertiary/aromatic N) is 3. The van der Waals surface area contributed by atoms with Crippen molar-refractivity contribution in [3.63, 3.8) is 0 Å². The van der Waals surface area contributed by atoms with E-state index in [0.717, 1.165) is 42.3 Å². The molecule has 1 aliphatic carbocycles. The van der Waals surface area contributed by atoms with Crippen molar-refractivity contribution in [2.75, 3.05) is 0 Å². The number of nitrogens with two attached hydrogens (primary N) is 1. The number of hydrogen-bond acceptors (Lipinski definition) is 8. The van der Waals surface area contributed by atoms with Crippen LogP contribution in [0.4, 0.5) is 9.18 Å². The minimum absolute atomic E-state index is 0.142. The molecule has 0 radical (unpaired) electrons. The number of carbonyl (C=O) groups excluding carboxylic acids is 1. The Bertz CT molecular complexity index is 1540. The molecule has 1 fully saturated rings. The molecule has 5 rings (SSSR count). The minimum atomic E-state index is -0.744. The summed E-state index contributed by atoms with van der Waals surface area (Å²) in [5.41, 5.74) is 6.78. The molecule has 2 aromatic heterocycles. The van der Waals surface area contributed by atoms with Crippen molar-refractivity contribution in [2.24, 2.45) is 11.7 Å². The van der Waals surface area contributed by atoms with Gasteiger partial charge in [-0.25, -0.2) is 14.2 Å². The largest absolute Gasteiger partial charge is 0.490 e. The lowest BCUT2D eigenvalue weighted by Crippen LogP contribution is -2.40. The summed E-state index contributed by atoms with van der Waals surface area (Å²) in [6.45, 7) is 9.72. The van der Waals surface area contributed by atoms with Gasteiger partial charge in [-0.2, -0.15) is 0 Å². The van der Waals surface area contributed by atoms with Crippen LogP contribution < -0.4 is 15.2 Å². The third-order valence-corrected chi connectivity index (χ3v) is 7.58. The van der Waals surface area contributed by atoms with Gasteiger partial charge < -0.3 is 24.4 Å². The quantitative estimate of drug-likeness (QED) is 0.212. The molecule has 1 amide bonds. The number of hydrogen-bond donors (Lipinski definition) is 1. The highest BCUT2D eigenvalue weighted by atomic mass is 19.1. The number of rotatable bonds is 10. The summed E-state index contributed by atoms with van der Waals surface area (Å²) < 4.78 is 36.8. The Morgan fingerprint density at radius 1 is 1.00 bits per heavy atom. The Morgan fingerprint density at radius 3 is 2.19 bits per heavy atom. The highest BCUT2D eigenvalue weighted by molar-refractivity contribution is 5.65. The molecule has 0 saturated heterocycles. The van der Waals surface area contributed by atoms with E-state index >= 15 is 0 Å². The van der Waals surface area contributed by atoms with Gasteiger partial charge in [-0.1, -0.05) is 38.1 Å². The average Bonchev–Trinajstić information content (AvgIpc) is 3.33. The van der Waals surface area contributed by atoms with Crippen LogP contribution in [0.2, 0.25) is 0 Å². The van der Waals surface area contributed by atoms with Crippen molar-refractivity contribution < 1.29 is 27.8 Å². The van der Waals surface area contributed by atoms with Gasteiger partial charge >= 0.3 is 6.09 Å². The zero-order valence-electron chi connectivity index (χ0n) is 24.4. The van der Waals surface area contributed by atoms with Crippen LogP contribution in [0.25, 0.3) is 11.6 Å². The van der Waals surface area contributed by atoms with Crippen LogP contribution in [0, 0.1) is 18.7 Å². The SMILES string of the molecule is Cc1nnc(-c2ncc(F)cc2Oc2ccc(C(C)(C)c3ccc(OC4CC(CC(C)(C)OC(N)=O)C4)cc3)cc2)o1. The molecule has 0 unspecified atom stereocenters. The summed E-state index contributed by atoms with van der Waals surface area (Å²) in [5.74, 6) is 1.95. The number of primary amides is 1. The standard InChI is InChI=1S/C32H35FN4O5/c1-19-36-37-29(39-19)28-27(16-23(33)18-35-28)41-25-12-8-22(9-13-25)32(4,5)21-6-10-24(11-7-21)40-26-14-20(15-26)17-31(2,3)42-30(34)38/h6-13,16,18,20,26H,14-15,17H2,1-5H3,(H2,34,38). The minimum Gasteiger partial charge on any atom is -0.490 e. The molecule has 10 heteroatoms. The monoisotopic (exact) mass is 574 g/mol. The van der Waals surface area contributed by atoms with E-state index in [2.05, 4.69) is 41.2 Å². The van der Waals surface area contributed by atoms with Gasteiger partial charge in [-0.15, -0.1) is 10.2 Å². The van der Waals surface area contributed by atoms with Crippen molar-refractivity contribution >= 4 is 6.09 Å². The van der Waals surface area contributed by atoms with Gasteiger partial charge in [0.2, 0.25) is 5.89 Å². The Balaban J connectivity index is 1.20. The second kappa shape index (κ2) is 11.4. The number of aryl methyl sites for hydroxylation is 1. The van der Waals surface area contributed by atoms with Gasteiger partial charge in [0.25, 0.3) is 5.89 Å². The maximum atomic E-state index is 14.0. The molecule has 9 nitrogen and oxygen atoms in total. The van der Waals surface area contributed by atoms with Crippen molar-refractivity contribution in [1.29, 1.82) is 0 Å². The smallest absolute Gasteiger partial charge is 0.405 e. The Morgan fingerprint density at radius 2 is 1.62 bits per heavy atom. The first-order valence-electron chi connectivity index (χ1n) is 13.9. The van der Waals surface area contributed by atoms with Gasteiger partial charge in [0.05, 0.1) is 12.3 Å². The van der Waals surface area contributed by atoms with Crippen LogP contribution in [0.1, 0.15) is 64.0 Å². The van der Waals surface area contributed by atoms with E-state index in [9.17, 15) is 9.18 Å². The molecule has 0 bridgehead atoms. The van der Waals surface area contributed by atoms with Crippen molar-refractivity contribution in [3.05, 3.63) is 83.6 Å². The van der Waals surface area contributed by atoms with Gasteiger partial charge in [0, 0.05) is 18.4 Å². The van der Waals surface area contributed by atoms with Gasteiger partial charge in [-0.3, -0.25) is 0 Å². The lowest BCUT2D eigenvalue weighted by Gasteiger charge is -2.39. The third-order valence-electron chi connectivity index (χ3n) is 7.58. The van der Waals surface area contributed by atoms with E-state index in [1.54, 1.807) is 6.92 Å². The van der Waals surface area contributed by atoms with Crippen molar-refractivity contribution in [3.8, 4) is 28.8 Å². The molecule has 2 N–H and O–H groups in total. The molecular weight excluding hydrogens is 539 g/mol. The number of aromatic nitrogens is 3. The van der Waals surface area contributed by atoms with E-state index in [-0.39, 0.29) is 28.9 Å². The predicted molar refractivity (Wildman–Crippen MR) is 154 cm³/mol.